The van der Waals surface area contributed by atoms with Crippen LogP contribution in [0, 0.1) is 11.3 Å². The van der Waals surface area contributed by atoms with Crippen molar-refractivity contribution < 1.29 is 14.7 Å². The summed E-state index contributed by atoms with van der Waals surface area (Å²) in [4.78, 5) is 25.3. The van der Waals surface area contributed by atoms with E-state index in [-0.39, 0.29) is 12.1 Å². The molecule has 0 spiro atoms. The van der Waals surface area contributed by atoms with Gasteiger partial charge in [-0.05, 0) is 49.9 Å². The van der Waals surface area contributed by atoms with Crippen LogP contribution < -0.4 is 5.32 Å². The molecule has 2 amide bonds. The average molecular weight is 296 g/mol. The minimum Gasteiger partial charge on any atom is -0.480 e. The molecule has 21 heavy (non-hydrogen) atoms. The Kier molecular flexibility index (Phi) is 4.79. The van der Waals surface area contributed by atoms with E-state index in [1.807, 2.05) is 0 Å². The summed E-state index contributed by atoms with van der Waals surface area (Å²) in [5.74, 6) is -0.521. The van der Waals surface area contributed by atoms with Gasteiger partial charge in [-0.15, -0.1) is 0 Å². The minimum atomic E-state index is -0.888. The molecular weight excluding hydrogens is 268 g/mol. The van der Waals surface area contributed by atoms with Crippen LogP contribution in [-0.2, 0) is 4.79 Å². The Morgan fingerprint density at radius 3 is 2.38 bits per heavy atom. The molecule has 1 saturated heterocycles. The molecule has 1 aliphatic carbocycles. The second-order valence-electron chi connectivity index (χ2n) is 7.56. The molecule has 2 N–H and O–H groups in total. The first-order valence-electron chi connectivity index (χ1n) is 8.08. The largest absolute Gasteiger partial charge is 0.480 e. The van der Waals surface area contributed by atoms with Gasteiger partial charge in [0.05, 0.1) is 0 Å². The highest BCUT2D eigenvalue weighted by Crippen LogP contribution is 2.35. The van der Waals surface area contributed by atoms with E-state index >= 15 is 0 Å². The first-order chi connectivity index (χ1) is 9.78. The normalized spacial score (nSPS) is 30.0. The summed E-state index contributed by atoms with van der Waals surface area (Å²) in [6.07, 6.45) is 5.63. The second-order valence-corrected chi connectivity index (χ2v) is 7.56. The molecule has 2 atom stereocenters. The quantitative estimate of drug-likeness (QED) is 0.823. The number of hydrogen-bond acceptors (Lipinski definition) is 2. The van der Waals surface area contributed by atoms with Crippen molar-refractivity contribution in [3.8, 4) is 0 Å². The fourth-order valence-corrected chi connectivity index (χ4v) is 3.42. The van der Waals surface area contributed by atoms with Gasteiger partial charge >= 0.3 is 12.0 Å². The average Bonchev–Trinajstić information content (AvgIpc) is 2.41. The third-order valence-electron chi connectivity index (χ3n) is 5.08. The van der Waals surface area contributed by atoms with E-state index in [2.05, 4.69) is 26.1 Å². The molecule has 0 aromatic heterocycles. The Hall–Kier alpha value is -1.26. The number of aliphatic carboxylic acids is 1. The molecule has 2 rings (SSSR count). The predicted molar refractivity (Wildman–Crippen MR) is 81.1 cm³/mol. The van der Waals surface area contributed by atoms with E-state index < -0.39 is 12.0 Å². The fraction of sp³-hybridized carbons (Fsp3) is 0.875. The van der Waals surface area contributed by atoms with Gasteiger partial charge in [0, 0.05) is 12.6 Å². The molecule has 1 aliphatic heterocycles. The first-order valence-corrected chi connectivity index (χ1v) is 8.08. The number of carbonyl (C=O) groups is 2. The molecule has 2 fully saturated rings. The number of nitrogens with one attached hydrogen (secondary N) is 1. The molecule has 0 bridgehead atoms. The molecule has 0 aromatic carbocycles. The van der Waals surface area contributed by atoms with Gasteiger partial charge in [-0.25, -0.2) is 9.59 Å². The number of carboxylic acids is 1. The van der Waals surface area contributed by atoms with Crippen LogP contribution in [0.5, 0.6) is 0 Å². The Balaban J connectivity index is 1.91. The number of nitrogens with zero attached hydrogens (tertiary/aromatic N) is 1. The van der Waals surface area contributed by atoms with E-state index in [1.54, 1.807) is 0 Å². The number of amides is 2. The number of rotatable bonds is 2. The Labute approximate surface area is 127 Å². The summed E-state index contributed by atoms with van der Waals surface area (Å²) in [6, 6.07) is -0.674. The highest BCUT2D eigenvalue weighted by atomic mass is 16.4. The third kappa shape index (κ3) is 4.11. The van der Waals surface area contributed by atoms with Crippen molar-refractivity contribution in [1.82, 2.24) is 10.2 Å². The van der Waals surface area contributed by atoms with Crippen molar-refractivity contribution >= 4 is 12.0 Å². The second kappa shape index (κ2) is 6.24. The summed E-state index contributed by atoms with van der Waals surface area (Å²) in [5, 5.41) is 12.4. The lowest BCUT2D eigenvalue weighted by Gasteiger charge is -2.39. The lowest BCUT2D eigenvalue weighted by Crippen LogP contribution is -2.55. The van der Waals surface area contributed by atoms with E-state index in [9.17, 15) is 14.7 Å². The topological polar surface area (TPSA) is 69.6 Å². The lowest BCUT2D eigenvalue weighted by atomic mass is 9.75. The number of likely N-dealkylation sites (tertiary alicyclic amines) is 1. The minimum absolute atomic E-state index is 0.194. The maximum atomic E-state index is 12.4. The summed E-state index contributed by atoms with van der Waals surface area (Å²) in [5.41, 5.74) is 0.366. The van der Waals surface area contributed by atoms with Gasteiger partial charge in [0.1, 0.15) is 6.04 Å². The van der Waals surface area contributed by atoms with Crippen LogP contribution in [0.15, 0.2) is 0 Å². The Morgan fingerprint density at radius 2 is 1.81 bits per heavy atom. The summed E-state index contributed by atoms with van der Waals surface area (Å²) in [7, 11) is 0. The summed E-state index contributed by atoms with van der Waals surface area (Å²) in [6.45, 7) is 7.12. The summed E-state index contributed by atoms with van der Waals surface area (Å²) < 4.78 is 0. The van der Waals surface area contributed by atoms with Gasteiger partial charge in [-0.2, -0.15) is 0 Å². The molecule has 0 aromatic rings. The molecule has 0 radical (unpaired) electrons. The highest BCUT2D eigenvalue weighted by molar-refractivity contribution is 5.83. The third-order valence-corrected chi connectivity index (χ3v) is 5.08. The standard InChI is InChI=1S/C16H28N2O3/c1-11-6-9-18(13(10-11)14(19)20)15(21)17-12-4-7-16(2,3)8-5-12/h11-13H,4-10H2,1-3H3,(H,17,21)(H,19,20). The van der Waals surface area contributed by atoms with Crippen molar-refractivity contribution in [2.45, 2.75) is 71.4 Å². The SMILES string of the molecule is CC1CCN(C(=O)NC2CCC(C)(C)CC2)C(C(=O)O)C1. The number of carboxylic acid groups (broad SMARTS) is 1. The van der Waals surface area contributed by atoms with Crippen LogP contribution in [0.1, 0.15) is 59.3 Å². The van der Waals surface area contributed by atoms with Crippen LogP contribution in [0.25, 0.3) is 0 Å². The molecule has 5 heteroatoms. The maximum Gasteiger partial charge on any atom is 0.326 e. The monoisotopic (exact) mass is 296 g/mol. The van der Waals surface area contributed by atoms with Gasteiger partial charge < -0.3 is 15.3 Å². The van der Waals surface area contributed by atoms with Gasteiger partial charge in [0.2, 0.25) is 0 Å². The molecule has 2 aliphatic rings. The fourth-order valence-electron chi connectivity index (χ4n) is 3.42. The van der Waals surface area contributed by atoms with Crippen molar-refractivity contribution in [2.75, 3.05) is 6.54 Å². The van der Waals surface area contributed by atoms with Crippen LogP contribution in [0.4, 0.5) is 4.79 Å². The van der Waals surface area contributed by atoms with E-state index in [0.29, 0.717) is 24.3 Å². The van der Waals surface area contributed by atoms with Crippen molar-refractivity contribution in [2.24, 2.45) is 11.3 Å². The molecule has 5 nitrogen and oxygen atoms in total. The Bertz CT molecular complexity index is 398. The molecule has 1 heterocycles. The van der Waals surface area contributed by atoms with E-state index in [1.165, 1.54) is 4.90 Å². The lowest BCUT2D eigenvalue weighted by molar-refractivity contribution is -0.143. The zero-order valence-electron chi connectivity index (χ0n) is 13.4. The van der Waals surface area contributed by atoms with Gasteiger partial charge in [-0.3, -0.25) is 0 Å². The first kappa shape index (κ1) is 16.1. The number of urea groups is 1. The summed E-state index contributed by atoms with van der Waals surface area (Å²) >= 11 is 0. The number of piperidine rings is 1. The van der Waals surface area contributed by atoms with Crippen molar-refractivity contribution in [3.63, 3.8) is 0 Å². The zero-order valence-corrected chi connectivity index (χ0v) is 13.4. The number of hydrogen-bond donors (Lipinski definition) is 2. The molecule has 2 unspecified atom stereocenters. The molecule has 1 saturated carbocycles. The van der Waals surface area contributed by atoms with Crippen LogP contribution in [-0.4, -0.2) is 40.6 Å². The predicted octanol–water partition coefficient (Wildman–Crippen LogP) is 2.85. The smallest absolute Gasteiger partial charge is 0.326 e. The van der Waals surface area contributed by atoms with E-state index in [4.69, 9.17) is 0 Å². The Morgan fingerprint density at radius 1 is 1.19 bits per heavy atom. The van der Waals surface area contributed by atoms with Gasteiger partial charge in [0.25, 0.3) is 0 Å². The zero-order chi connectivity index (χ0) is 15.6. The van der Waals surface area contributed by atoms with Crippen LogP contribution >= 0.6 is 0 Å². The molecular formula is C16H28N2O3. The van der Waals surface area contributed by atoms with Crippen LogP contribution in [0.2, 0.25) is 0 Å². The maximum absolute atomic E-state index is 12.4. The van der Waals surface area contributed by atoms with E-state index in [0.717, 1.165) is 32.1 Å². The van der Waals surface area contributed by atoms with Gasteiger partial charge in [0.15, 0.2) is 0 Å². The molecule has 120 valence electrons. The van der Waals surface area contributed by atoms with Crippen molar-refractivity contribution in [1.29, 1.82) is 0 Å². The highest BCUT2D eigenvalue weighted by Gasteiger charge is 2.36. The van der Waals surface area contributed by atoms with Crippen molar-refractivity contribution in [3.05, 3.63) is 0 Å². The van der Waals surface area contributed by atoms with Crippen LogP contribution in [0.3, 0.4) is 0 Å². The number of carbonyl (C=O) groups excluding carboxylic acids is 1. The van der Waals surface area contributed by atoms with Gasteiger partial charge in [-0.1, -0.05) is 20.8 Å².